The Kier molecular flexibility index (Phi) is 7.27. The molecular weight excluding hydrogens is 428 g/mol. The molecule has 2 saturated heterocycles. The van der Waals surface area contributed by atoms with Crippen LogP contribution in [0.15, 0.2) is 34.0 Å². The van der Waals surface area contributed by atoms with Crippen molar-refractivity contribution in [2.45, 2.75) is 49.8 Å². The Balaban J connectivity index is 1.49. The highest BCUT2D eigenvalue weighted by Crippen LogP contribution is 2.25. The lowest BCUT2D eigenvalue weighted by Gasteiger charge is -2.19. The average molecular weight is 461 g/mol. The fraction of sp³-hybridized carbons (Fsp3) is 0.565. The molecule has 2 aliphatic heterocycles. The van der Waals surface area contributed by atoms with E-state index in [1.165, 1.54) is 48.2 Å². The molecule has 1 aromatic heterocycles. The number of aromatic amines is 1. The van der Waals surface area contributed by atoms with Crippen LogP contribution in [-0.4, -0.2) is 67.8 Å². The Morgan fingerprint density at radius 1 is 0.969 bits per heavy atom. The number of pyridine rings is 1. The second-order valence-corrected chi connectivity index (χ2v) is 10.7. The maximum atomic E-state index is 13.0. The fourth-order valence-corrected chi connectivity index (χ4v) is 6.16. The van der Waals surface area contributed by atoms with Gasteiger partial charge in [0.1, 0.15) is 0 Å². The van der Waals surface area contributed by atoms with E-state index in [0.29, 0.717) is 30.5 Å². The van der Waals surface area contributed by atoms with Crippen LogP contribution < -0.4 is 10.9 Å². The van der Waals surface area contributed by atoms with Crippen LogP contribution in [-0.2, 0) is 10.0 Å². The summed E-state index contributed by atoms with van der Waals surface area (Å²) < 4.78 is 27.4. The molecule has 2 aromatic rings. The van der Waals surface area contributed by atoms with Crippen LogP contribution in [0, 0.1) is 0 Å². The lowest BCUT2D eigenvalue weighted by Crippen LogP contribution is -2.31. The second-order valence-electron chi connectivity index (χ2n) is 8.73. The summed E-state index contributed by atoms with van der Waals surface area (Å²) in [5, 5.41) is 3.35. The number of nitrogens with one attached hydrogen (secondary N) is 2. The van der Waals surface area contributed by atoms with E-state index < -0.39 is 10.0 Å². The van der Waals surface area contributed by atoms with E-state index in [1.54, 1.807) is 6.07 Å². The number of carbonyl (C=O) groups excluding carboxylic acids is 1. The molecule has 0 bridgehead atoms. The van der Waals surface area contributed by atoms with Gasteiger partial charge in [-0.2, -0.15) is 4.31 Å². The highest BCUT2D eigenvalue weighted by atomic mass is 32.2. The van der Waals surface area contributed by atoms with Gasteiger partial charge in [0.15, 0.2) is 0 Å². The summed E-state index contributed by atoms with van der Waals surface area (Å²) in [5.74, 6) is -0.354. The molecule has 174 valence electrons. The van der Waals surface area contributed by atoms with Crippen molar-refractivity contribution < 1.29 is 13.2 Å². The lowest BCUT2D eigenvalue weighted by molar-refractivity contribution is 0.0953. The smallest absolute Gasteiger partial charge is 0.252 e. The van der Waals surface area contributed by atoms with Gasteiger partial charge >= 0.3 is 0 Å². The van der Waals surface area contributed by atoms with Gasteiger partial charge in [0.05, 0.1) is 10.5 Å². The standard InChI is InChI=1S/C23H32N4O4S/c28-22-17-20(23(29)24-10-7-13-26-11-3-1-2-4-12-26)19-16-18(8-9-21(19)25-22)32(30,31)27-14-5-6-15-27/h8-9,16-17H,1-7,10-15H2,(H,24,29)(H,25,28). The van der Waals surface area contributed by atoms with Gasteiger partial charge in [0.2, 0.25) is 15.6 Å². The van der Waals surface area contributed by atoms with E-state index in [9.17, 15) is 18.0 Å². The summed E-state index contributed by atoms with van der Waals surface area (Å²) in [5.41, 5.74) is 0.270. The predicted molar refractivity (Wildman–Crippen MR) is 124 cm³/mol. The van der Waals surface area contributed by atoms with E-state index in [1.807, 2.05) is 0 Å². The number of sulfonamides is 1. The molecule has 2 fully saturated rings. The number of nitrogens with zero attached hydrogens (tertiary/aromatic N) is 2. The maximum absolute atomic E-state index is 13.0. The molecule has 1 amide bonds. The van der Waals surface area contributed by atoms with Crippen molar-refractivity contribution in [1.29, 1.82) is 0 Å². The highest BCUT2D eigenvalue weighted by molar-refractivity contribution is 7.89. The number of carbonyl (C=O) groups is 1. The summed E-state index contributed by atoms with van der Waals surface area (Å²) in [6, 6.07) is 5.81. The van der Waals surface area contributed by atoms with Gasteiger partial charge in [-0.1, -0.05) is 12.8 Å². The molecule has 2 N–H and O–H groups in total. The van der Waals surface area contributed by atoms with Crippen LogP contribution in [0.5, 0.6) is 0 Å². The first-order valence-corrected chi connectivity index (χ1v) is 13.1. The molecule has 0 aliphatic carbocycles. The average Bonchev–Trinajstić information content (AvgIpc) is 3.21. The normalized spacial score (nSPS) is 18.6. The molecule has 4 rings (SSSR count). The first-order valence-electron chi connectivity index (χ1n) is 11.6. The largest absolute Gasteiger partial charge is 0.352 e. The summed E-state index contributed by atoms with van der Waals surface area (Å²) >= 11 is 0. The summed E-state index contributed by atoms with van der Waals surface area (Å²) in [7, 11) is -3.61. The van der Waals surface area contributed by atoms with E-state index in [4.69, 9.17) is 0 Å². The van der Waals surface area contributed by atoms with Gasteiger partial charge < -0.3 is 15.2 Å². The minimum atomic E-state index is -3.61. The molecule has 2 aliphatic rings. The molecule has 3 heterocycles. The number of aromatic nitrogens is 1. The lowest BCUT2D eigenvalue weighted by atomic mass is 10.1. The quantitative estimate of drug-likeness (QED) is 0.618. The van der Waals surface area contributed by atoms with Crippen LogP contribution >= 0.6 is 0 Å². The Bertz CT molecular complexity index is 1110. The number of hydrogen-bond acceptors (Lipinski definition) is 5. The Morgan fingerprint density at radius 2 is 1.66 bits per heavy atom. The number of benzene rings is 1. The summed E-state index contributed by atoms with van der Waals surface area (Å²) in [6.07, 6.45) is 7.58. The van der Waals surface area contributed by atoms with Crippen molar-refractivity contribution in [2.75, 3.05) is 39.3 Å². The zero-order valence-electron chi connectivity index (χ0n) is 18.4. The monoisotopic (exact) mass is 460 g/mol. The Labute approximate surface area is 189 Å². The second kappa shape index (κ2) is 10.1. The summed E-state index contributed by atoms with van der Waals surface area (Å²) in [6.45, 7) is 4.69. The highest BCUT2D eigenvalue weighted by Gasteiger charge is 2.27. The topological polar surface area (TPSA) is 103 Å². The number of likely N-dealkylation sites (tertiary alicyclic amines) is 1. The molecule has 32 heavy (non-hydrogen) atoms. The van der Waals surface area contributed by atoms with Crippen LogP contribution in [0.1, 0.15) is 55.3 Å². The van der Waals surface area contributed by atoms with Gasteiger partial charge in [0.25, 0.3) is 5.91 Å². The van der Waals surface area contributed by atoms with E-state index in [-0.39, 0.29) is 21.9 Å². The van der Waals surface area contributed by atoms with Crippen molar-refractivity contribution in [3.05, 3.63) is 40.2 Å². The maximum Gasteiger partial charge on any atom is 0.252 e. The number of amides is 1. The van der Waals surface area contributed by atoms with Crippen LogP contribution in [0.2, 0.25) is 0 Å². The molecule has 9 heteroatoms. The zero-order valence-corrected chi connectivity index (χ0v) is 19.3. The van der Waals surface area contributed by atoms with Crippen molar-refractivity contribution in [2.24, 2.45) is 0 Å². The van der Waals surface area contributed by atoms with Gasteiger partial charge in [-0.05, 0) is 69.9 Å². The van der Waals surface area contributed by atoms with Crippen molar-refractivity contribution in [3.63, 3.8) is 0 Å². The minimum absolute atomic E-state index is 0.147. The molecule has 0 radical (unpaired) electrons. The molecule has 1 aromatic carbocycles. The van der Waals surface area contributed by atoms with Crippen molar-refractivity contribution in [1.82, 2.24) is 19.5 Å². The minimum Gasteiger partial charge on any atom is -0.352 e. The number of fused-ring (bicyclic) bond motifs is 1. The number of H-pyrrole nitrogens is 1. The number of rotatable bonds is 7. The summed E-state index contributed by atoms with van der Waals surface area (Å²) in [4.78, 5) is 30.3. The van der Waals surface area contributed by atoms with E-state index in [0.717, 1.165) is 38.9 Å². The zero-order chi connectivity index (χ0) is 22.6. The van der Waals surface area contributed by atoms with Crippen LogP contribution in [0.4, 0.5) is 0 Å². The van der Waals surface area contributed by atoms with Crippen LogP contribution in [0.3, 0.4) is 0 Å². The third-order valence-corrected chi connectivity index (χ3v) is 8.29. The molecule has 0 unspecified atom stereocenters. The molecular formula is C23H32N4O4S. The van der Waals surface area contributed by atoms with E-state index >= 15 is 0 Å². The third-order valence-electron chi connectivity index (χ3n) is 6.40. The van der Waals surface area contributed by atoms with Crippen molar-refractivity contribution >= 4 is 26.8 Å². The molecule has 8 nitrogen and oxygen atoms in total. The first kappa shape index (κ1) is 22.9. The predicted octanol–water partition coefficient (Wildman–Crippen LogP) is 2.31. The Morgan fingerprint density at radius 3 is 2.38 bits per heavy atom. The third kappa shape index (κ3) is 5.22. The van der Waals surface area contributed by atoms with Gasteiger partial charge in [-0.15, -0.1) is 0 Å². The van der Waals surface area contributed by atoms with Gasteiger partial charge in [-0.25, -0.2) is 8.42 Å². The molecule has 0 saturated carbocycles. The van der Waals surface area contributed by atoms with Gasteiger partial charge in [-0.3, -0.25) is 9.59 Å². The number of hydrogen-bond donors (Lipinski definition) is 2. The SMILES string of the molecule is O=C(NCCCN1CCCCCC1)c1cc(=O)[nH]c2ccc(S(=O)(=O)N3CCCC3)cc12. The molecule has 0 spiro atoms. The van der Waals surface area contributed by atoms with E-state index in [2.05, 4.69) is 15.2 Å². The molecule has 0 atom stereocenters. The fourth-order valence-electron chi connectivity index (χ4n) is 4.62. The van der Waals surface area contributed by atoms with Gasteiger partial charge in [0, 0.05) is 36.6 Å². The van der Waals surface area contributed by atoms with Crippen molar-refractivity contribution in [3.8, 4) is 0 Å². The van der Waals surface area contributed by atoms with Crippen LogP contribution in [0.25, 0.3) is 10.9 Å². The first-order chi connectivity index (χ1) is 15.4. The Hall–Kier alpha value is -2.23.